The van der Waals surface area contributed by atoms with E-state index >= 15 is 0 Å². The van der Waals surface area contributed by atoms with E-state index in [1.54, 1.807) is 0 Å². The highest BCUT2D eigenvalue weighted by molar-refractivity contribution is 5.44. The summed E-state index contributed by atoms with van der Waals surface area (Å²) in [5.74, 6) is 0.620. The van der Waals surface area contributed by atoms with Gasteiger partial charge >= 0.3 is 0 Å². The molecule has 0 spiro atoms. The molecule has 0 amide bonds. The molecule has 1 saturated carbocycles. The fraction of sp³-hybridized carbons (Fsp3) is 0.588. The van der Waals surface area contributed by atoms with Crippen LogP contribution < -0.4 is 0 Å². The second-order valence-corrected chi connectivity index (χ2v) is 6.45. The highest BCUT2D eigenvalue weighted by Crippen LogP contribution is 2.49. The molecule has 1 N–H and O–H groups in total. The van der Waals surface area contributed by atoms with Crippen molar-refractivity contribution in [1.82, 2.24) is 0 Å². The van der Waals surface area contributed by atoms with E-state index in [0.29, 0.717) is 5.92 Å². The third-order valence-electron chi connectivity index (χ3n) is 4.97. The second kappa shape index (κ2) is 4.35. The fourth-order valence-corrected chi connectivity index (χ4v) is 3.69. The molecule has 2 aliphatic carbocycles. The van der Waals surface area contributed by atoms with E-state index < -0.39 is 11.0 Å². The van der Waals surface area contributed by atoms with Crippen LogP contribution in [0.25, 0.3) is 0 Å². The van der Waals surface area contributed by atoms with Crippen LogP contribution in [0.4, 0.5) is 0 Å². The summed E-state index contributed by atoms with van der Waals surface area (Å²) < 4.78 is 0. The molecule has 0 saturated heterocycles. The van der Waals surface area contributed by atoms with E-state index in [1.165, 1.54) is 18.4 Å². The average Bonchev–Trinajstić information content (AvgIpc) is 3.21. The molecule has 0 aliphatic heterocycles. The van der Waals surface area contributed by atoms with Gasteiger partial charge in [0, 0.05) is 0 Å². The van der Waals surface area contributed by atoms with Crippen molar-refractivity contribution < 1.29 is 5.11 Å². The van der Waals surface area contributed by atoms with Gasteiger partial charge in [-0.1, -0.05) is 37.1 Å². The number of aryl methyl sites for hydroxylation is 1. The van der Waals surface area contributed by atoms with Crippen molar-refractivity contribution in [2.75, 3.05) is 0 Å². The molecular weight excluding hydrogens is 234 g/mol. The first-order chi connectivity index (χ1) is 9.09. The van der Waals surface area contributed by atoms with Crippen molar-refractivity contribution in [2.24, 2.45) is 5.92 Å². The van der Waals surface area contributed by atoms with Gasteiger partial charge in [-0.05, 0) is 49.7 Å². The Morgan fingerprint density at radius 3 is 2.84 bits per heavy atom. The third kappa shape index (κ3) is 1.97. The highest BCUT2D eigenvalue weighted by atomic mass is 16.3. The number of hydrogen-bond acceptors (Lipinski definition) is 2. The first-order valence-corrected chi connectivity index (χ1v) is 7.31. The quantitative estimate of drug-likeness (QED) is 0.900. The highest BCUT2D eigenvalue weighted by Gasteiger charge is 2.52. The molecular formula is C17H21NO. The molecule has 2 atom stereocenters. The second-order valence-electron chi connectivity index (χ2n) is 6.45. The lowest BCUT2D eigenvalue weighted by Crippen LogP contribution is -2.51. The standard InChI is InChI=1S/C17H21NO/c1-16(19,11-13-8-9-13)17(12-18)10-4-6-14-5-2-3-7-15(14)17/h2-3,5,7,13,19H,4,6,8-11H2,1H3. The molecule has 1 aromatic rings. The topological polar surface area (TPSA) is 44.0 Å². The van der Waals surface area contributed by atoms with Crippen molar-refractivity contribution in [2.45, 2.75) is 56.5 Å². The van der Waals surface area contributed by atoms with Gasteiger partial charge in [0.15, 0.2) is 0 Å². The van der Waals surface area contributed by atoms with Crippen LogP contribution in [0.15, 0.2) is 24.3 Å². The maximum atomic E-state index is 11.0. The summed E-state index contributed by atoms with van der Waals surface area (Å²) >= 11 is 0. The smallest absolute Gasteiger partial charge is 0.111 e. The molecule has 2 aliphatic rings. The first kappa shape index (κ1) is 12.7. The predicted octanol–water partition coefficient (Wildman–Crippen LogP) is 3.34. The Kier molecular flexibility index (Phi) is 2.91. The van der Waals surface area contributed by atoms with Crippen LogP contribution >= 0.6 is 0 Å². The zero-order chi connectivity index (χ0) is 13.5. The van der Waals surface area contributed by atoms with Crippen molar-refractivity contribution in [3.8, 4) is 6.07 Å². The maximum absolute atomic E-state index is 11.0. The van der Waals surface area contributed by atoms with E-state index in [0.717, 1.165) is 31.2 Å². The van der Waals surface area contributed by atoms with Gasteiger partial charge in [-0.3, -0.25) is 0 Å². The number of fused-ring (bicyclic) bond motifs is 1. The molecule has 0 bridgehead atoms. The van der Waals surface area contributed by atoms with Gasteiger partial charge < -0.3 is 5.11 Å². The van der Waals surface area contributed by atoms with Crippen molar-refractivity contribution in [3.05, 3.63) is 35.4 Å². The number of aliphatic hydroxyl groups is 1. The lowest BCUT2D eigenvalue weighted by molar-refractivity contribution is -0.0191. The van der Waals surface area contributed by atoms with Crippen LogP contribution in [0.2, 0.25) is 0 Å². The number of hydrogen-bond donors (Lipinski definition) is 1. The third-order valence-corrected chi connectivity index (χ3v) is 4.97. The van der Waals surface area contributed by atoms with Crippen LogP contribution in [0.1, 0.15) is 50.2 Å². The van der Waals surface area contributed by atoms with Gasteiger partial charge in [-0.25, -0.2) is 0 Å². The molecule has 0 radical (unpaired) electrons. The summed E-state index contributed by atoms with van der Waals surface area (Å²) in [6.07, 6.45) is 5.97. The van der Waals surface area contributed by atoms with Crippen LogP contribution in [-0.4, -0.2) is 10.7 Å². The van der Waals surface area contributed by atoms with Crippen LogP contribution in [0, 0.1) is 17.2 Å². The zero-order valence-electron chi connectivity index (χ0n) is 11.5. The molecule has 0 aromatic heterocycles. The molecule has 2 nitrogen and oxygen atoms in total. The molecule has 2 heteroatoms. The Morgan fingerprint density at radius 1 is 1.42 bits per heavy atom. The van der Waals surface area contributed by atoms with Gasteiger partial charge in [0.05, 0.1) is 11.7 Å². The molecule has 19 heavy (non-hydrogen) atoms. The lowest BCUT2D eigenvalue weighted by Gasteiger charge is -2.44. The number of nitrogens with zero attached hydrogens (tertiary/aromatic N) is 1. The molecule has 0 heterocycles. The Balaban J connectivity index is 2.06. The Hall–Kier alpha value is -1.33. The largest absolute Gasteiger partial charge is 0.388 e. The molecule has 2 unspecified atom stereocenters. The van der Waals surface area contributed by atoms with Crippen LogP contribution in [-0.2, 0) is 11.8 Å². The summed E-state index contributed by atoms with van der Waals surface area (Å²) in [6.45, 7) is 1.87. The summed E-state index contributed by atoms with van der Waals surface area (Å²) in [6, 6.07) is 10.7. The van der Waals surface area contributed by atoms with E-state index in [4.69, 9.17) is 0 Å². The maximum Gasteiger partial charge on any atom is 0.111 e. The minimum Gasteiger partial charge on any atom is -0.388 e. The van der Waals surface area contributed by atoms with Crippen molar-refractivity contribution in [1.29, 1.82) is 5.26 Å². The summed E-state index contributed by atoms with van der Waals surface area (Å²) in [4.78, 5) is 0. The van der Waals surface area contributed by atoms with E-state index in [1.807, 2.05) is 25.1 Å². The van der Waals surface area contributed by atoms with E-state index in [9.17, 15) is 10.4 Å². The van der Waals surface area contributed by atoms with Crippen molar-refractivity contribution >= 4 is 0 Å². The van der Waals surface area contributed by atoms with Gasteiger partial charge in [0.2, 0.25) is 0 Å². The summed E-state index contributed by atoms with van der Waals surface area (Å²) in [7, 11) is 0. The Labute approximate surface area is 115 Å². The molecule has 3 rings (SSSR count). The predicted molar refractivity (Wildman–Crippen MR) is 74.6 cm³/mol. The molecule has 1 fully saturated rings. The van der Waals surface area contributed by atoms with Gasteiger partial charge in [0.25, 0.3) is 0 Å². The molecule has 100 valence electrons. The monoisotopic (exact) mass is 255 g/mol. The van der Waals surface area contributed by atoms with E-state index in [2.05, 4.69) is 12.1 Å². The SMILES string of the molecule is CC(O)(CC1CC1)C1(C#N)CCCc2ccccc21. The normalized spacial score (nSPS) is 29.1. The van der Waals surface area contributed by atoms with Gasteiger partial charge in [-0.15, -0.1) is 0 Å². The Morgan fingerprint density at radius 2 is 2.16 bits per heavy atom. The summed E-state index contributed by atoms with van der Waals surface area (Å²) in [5, 5.41) is 20.9. The minimum atomic E-state index is -0.917. The van der Waals surface area contributed by atoms with Gasteiger partial charge in [0.1, 0.15) is 5.41 Å². The van der Waals surface area contributed by atoms with E-state index in [-0.39, 0.29) is 0 Å². The first-order valence-electron chi connectivity index (χ1n) is 7.31. The van der Waals surface area contributed by atoms with Crippen LogP contribution in [0.5, 0.6) is 0 Å². The van der Waals surface area contributed by atoms with Crippen LogP contribution in [0.3, 0.4) is 0 Å². The zero-order valence-corrected chi connectivity index (χ0v) is 11.5. The van der Waals surface area contributed by atoms with Crippen molar-refractivity contribution in [3.63, 3.8) is 0 Å². The fourth-order valence-electron chi connectivity index (χ4n) is 3.69. The Bertz CT molecular complexity index is 524. The van der Waals surface area contributed by atoms with Gasteiger partial charge in [-0.2, -0.15) is 5.26 Å². The minimum absolute atomic E-state index is 0.620. The summed E-state index contributed by atoms with van der Waals surface area (Å²) in [5.41, 5.74) is 0.671. The number of benzene rings is 1. The lowest BCUT2D eigenvalue weighted by atomic mass is 9.60. The number of nitriles is 1. The molecule has 1 aromatic carbocycles. The number of rotatable bonds is 3. The average molecular weight is 255 g/mol.